The number of rotatable bonds is 3. The van der Waals surface area contributed by atoms with Crippen molar-refractivity contribution in [3.05, 3.63) is 53.8 Å². The SMILES string of the molecule is COc1c(CBr)cccc1-c1ccccc1F. The maximum atomic E-state index is 13.8. The van der Waals surface area contributed by atoms with E-state index in [1.807, 2.05) is 24.3 Å². The van der Waals surface area contributed by atoms with E-state index >= 15 is 0 Å². The molecule has 2 aromatic carbocycles. The van der Waals surface area contributed by atoms with Gasteiger partial charge < -0.3 is 4.74 Å². The molecule has 0 N–H and O–H groups in total. The van der Waals surface area contributed by atoms with E-state index in [4.69, 9.17) is 4.74 Å². The van der Waals surface area contributed by atoms with Gasteiger partial charge >= 0.3 is 0 Å². The molecular weight excluding hydrogens is 283 g/mol. The Hall–Kier alpha value is -1.35. The van der Waals surface area contributed by atoms with Gasteiger partial charge in [0.25, 0.3) is 0 Å². The number of ether oxygens (including phenoxy) is 1. The fraction of sp³-hybridized carbons (Fsp3) is 0.143. The van der Waals surface area contributed by atoms with Crippen LogP contribution in [0.5, 0.6) is 5.75 Å². The third-order valence-electron chi connectivity index (χ3n) is 2.61. The van der Waals surface area contributed by atoms with E-state index in [0.29, 0.717) is 10.9 Å². The summed E-state index contributed by atoms with van der Waals surface area (Å²) in [5.74, 6) is 0.479. The number of methoxy groups -OCH3 is 1. The van der Waals surface area contributed by atoms with Gasteiger partial charge in [-0.15, -0.1) is 0 Å². The Kier molecular flexibility index (Phi) is 3.79. The fourth-order valence-electron chi connectivity index (χ4n) is 1.82. The Labute approximate surface area is 108 Å². The minimum atomic E-state index is -0.238. The first-order chi connectivity index (χ1) is 8.27. The third kappa shape index (κ3) is 2.34. The molecule has 0 aliphatic carbocycles. The molecule has 0 aromatic heterocycles. The standard InChI is InChI=1S/C14H12BrFO/c1-17-14-10(9-15)5-4-7-12(14)11-6-2-3-8-13(11)16/h2-8H,9H2,1H3. The fourth-order valence-corrected chi connectivity index (χ4v) is 2.26. The zero-order valence-electron chi connectivity index (χ0n) is 9.41. The van der Waals surface area contributed by atoms with Crippen LogP contribution in [-0.2, 0) is 5.33 Å². The number of hydrogen-bond acceptors (Lipinski definition) is 1. The molecule has 0 aliphatic heterocycles. The van der Waals surface area contributed by atoms with Gasteiger partial charge in [-0.05, 0) is 6.07 Å². The first-order valence-corrected chi connectivity index (χ1v) is 6.37. The molecule has 0 amide bonds. The van der Waals surface area contributed by atoms with Gasteiger partial charge in [0.05, 0.1) is 7.11 Å². The van der Waals surface area contributed by atoms with Gasteiger partial charge in [-0.2, -0.15) is 0 Å². The van der Waals surface area contributed by atoms with E-state index in [2.05, 4.69) is 15.9 Å². The Morgan fingerprint density at radius 2 is 1.76 bits per heavy atom. The summed E-state index contributed by atoms with van der Waals surface area (Å²) in [6, 6.07) is 12.4. The second-order valence-electron chi connectivity index (χ2n) is 3.61. The lowest BCUT2D eigenvalue weighted by Crippen LogP contribution is -1.94. The molecule has 0 radical (unpaired) electrons. The minimum Gasteiger partial charge on any atom is -0.496 e. The zero-order valence-corrected chi connectivity index (χ0v) is 11.0. The highest BCUT2D eigenvalue weighted by atomic mass is 79.9. The number of halogens is 2. The third-order valence-corrected chi connectivity index (χ3v) is 3.21. The highest BCUT2D eigenvalue weighted by Gasteiger charge is 2.12. The maximum Gasteiger partial charge on any atom is 0.131 e. The topological polar surface area (TPSA) is 9.23 Å². The van der Waals surface area contributed by atoms with Crippen molar-refractivity contribution < 1.29 is 9.13 Å². The Bertz CT molecular complexity index is 525. The molecule has 0 atom stereocenters. The van der Waals surface area contributed by atoms with E-state index < -0.39 is 0 Å². The van der Waals surface area contributed by atoms with Crippen LogP contribution in [0.4, 0.5) is 4.39 Å². The van der Waals surface area contributed by atoms with Crippen LogP contribution in [0.15, 0.2) is 42.5 Å². The summed E-state index contributed by atoms with van der Waals surface area (Å²) in [5, 5.41) is 0.679. The van der Waals surface area contributed by atoms with Gasteiger partial charge in [-0.25, -0.2) is 4.39 Å². The summed E-state index contributed by atoms with van der Waals surface area (Å²) in [6.45, 7) is 0. The average molecular weight is 295 g/mol. The van der Waals surface area contributed by atoms with Crippen LogP contribution >= 0.6 is 15.9 Å². The molecular formula is C14H12BrFO. The Balaban J connectivity index is 2.63. The van der Waals surface area contributed by atoms with Gasteiger partial charge in [0, 0.05) is 22.0 Å². The lowest BCUT2D eigenvalue weighted by atomic mass is 10.0. The van der Waals surface area contributed by atoms with Crippen molar-refractivity contribution in [2.24, 2.45) is 0 Å². The molecule has 2 aromatic rings. The molecule has 0 fully saturated rings. The highest BCUT2D eigenvalue weighted by Crippen LogP contribution is 2.35. The average Bonchev–Trinajstić information content (AvgIpc) is 2.38. The predicted octanol–water partition coefficient (Wildman–Crippen LogP) is 4.40. The molecule has 0 aliphatic rings. The van der Waals surface area contributed by atoms with Crippen molar-refractivity contribution in [3.8, 4) is 16.9 Å². The first-order valence-electron chi connectivity index (χ1n) is 5.24. The van der Waals surface area contributed by atoms with Crippen molar-refractivity contribution in [2.45, 2.75) is 5.33 Å². The zero-order chi connectivity index (χ0) is 12.3. The smallest absolute Gasteiger partial charge is 0.131 e. The molecule has 88 valence electrons. The van der Waals surface area contributed by atoms with E-state index in [1.54, 1.807) is 19.2 Å². The van der Waals surface area contributed by atoms with Gasteiger partial charge in [-0.1, -0.05) is 52.3 Å². The van der Waals surface area contributed by atoms with Crippen LogP contribution in [0.25, 0.3) is 11.1 Å². The molecule has 0 bridgehead atoms. The van der Waals surface area contributed by atoms with Gasteiger partial charge in [0.15, 0.2) is 0 Å². The molecule has 0 spiro atoms. The molecule has 0 saturated carbocycles. The van der Waals surface area contributed by atoms with Gasteiger partial charge in [0.1, 0.15) is 11.6 Å². The summed E-state index contributed by atoms with van der Waals surface area (Å²) in [5.41, 5.74) is 2.35. The van der Waals surface area contributed by atoms with Crippen molar-refractivity contribution in [1.82, 2.24) is 0 Å². The van der Waals surface area contributed by atoms with Crippen LogP contribution < -0.4 is 4.74 Å². The van der Waals surface area contributed by atoms with E-state index in [1.165, 1.54) is 6.07 Å². The largest absolute Gasteiger partial charge is 0.496 e. The number of hydrogen-bond donors (Lipinski definition) is 0. The lowest BCUT2D eigenvalue weighted by molar-refractivity contribution is 0.413. The maximum absolute atomic E-state index is 13.8. The lowest BCUT2D eigenvalue weighted by Gasteiger charge is -2.12. The second-order valence-corrected chi connectivity index (χ2v) is 4.17. The van der Waals surface area contributed by atoms with Gasteiger partial charge in [-0.3, -0.25) is 0 Å². The molecule has 0 heterocycles. The summed E-state index contributed by atoms with van der Waals surface area (Å²) in [6.07, 6.45) is 0. The number of alkyl halides is 1. The van der Waals surface area contributed by atoms with Crippen LogP contribution in [-0.4, -0.2) is 7.11 Å². The molecule has 0 saturated heterocycles. The first kappa shape index (κ1) is 12.1. The molecule has 2 rings (SSSR count). The van der Waals surface area contributed by atoms with Crippen molar-refractivity contribution >= 4 is 15.9 Å². The normalized spacial score (nSPS) is 10.3. The van der Waals surface area contributed by atoms with Crippen LogP contribution in [0.3, 0.4) is 0 Å². The van der Waals surface area contributed by atoms with E-state index in [0.717, 1.165) is 16.9 Å². The van der Waals surface area contributed by atoms with Crippen LogP contribution in [0.1, 0.15) is 5.56 Å². The Morgan fingerprint density at radius 3 is 2.41 bits per heavy atom. The number of para-hydroxylation sites is 1. The monoisotopic (exact) mass is 294 g/mol. The van der Waals surface area contributed by atoms with E-state index in [9.17, 15) is 4.39 Å². The summed E-state index contributed by atoms with van der Waals surface area (Å²) in [7, 11) is 1.60. The highest BCUT2D eigenvalue weighted by molar-refractivity contribution is 9.08. The summed E-state index contributed by atoms with van der Waals surface area (Å²) >= 11 is 3.40. The summed E-state index contributed by atoms with van der Waals surface area (Å²) in [4.78, 5) is 0. The van der Waals surface area contributed by atoms with Gasteiger partial charge in [0.2, 0.25) is 0 Å². The van der Waals surface area contributed by atoms with Crippen molar-refractivity contribution in [3.63, 3.8) is 0 Å². The second kappa shape index (κ2) is 5.32. The van der Waals surface area contributed by atoms with Crippen LogP contribution in [0, 0.1) is 5.82 Å². The van der Waals surface area contributed by atoms with Crippen LogP contribution in [0.2, 0.25) is 0 Å². The van der Waals surface area contributed by atoms with E-state index in [-0.39, 0.29) is 5.82 Å². The quantitative estimate of drug-likeness (QED) is 0.763. The summed E-state index contributed by atoms with van der Waals surface area (Å²) < 4.78 is 19.1. The molecule has 3 heteroatoms. The van der Waals surface area contributed by atoms with Crippen molar-refractivity contribution in [2.75, 3.05) is 7.11 Å². The number of benzene rings is 2. The molecule has 0 unspecified atom stereocenters. The molecule has 17 heavy (non-hydrogen) atoms. The molecule has 1 nitrogen and oxygen atoms in total. The Morgan fingerprint density at radius 1 is 1.06 bits per heavy atom. The predicted molar refractivity (Wildman–Crippen MR) is 71.0 cm³/mol. The minimum absolute atomic E-state index is 0.238. The van der Waals surface area contributed by atoms with Crippen molar-refractivity contribution in [1.29, 1.82) is 0 Å².